The zero-order chi connectivity index (χ0) is 28.1. The molecule has 4 unspecified atom stereocenters. The van der Waals surface area contributed by atoms with E-state index in [0.717, 1.165) is 16.5 Å². The highest BCUT2D eigenvalue weighted by Gasteiger charge is 2.29. The first-order chi connectivity index (χ1) is 18.2. The highest BCUT2D eigenvalue weighted by molar-refractivity contribution is 5.94. The number of benzene rings is 1. The number of H-pyrrole nitrogens is 1. The molecule has 0 spiro atoms. The molecule has 210 valence electrons. The van der Waals surface area contributed by atoms with Crippen molar-refractivity contribution in [3.05, 3.63) is 36.0 Å². The zero-order valence-electron chi connectivity index (χ0n) is 21.9. The number of para-hydroxylation sites is 1. The van der Waals surface area contributed by atoms with Crippen LogP contribution < -0.4 is 33.2 Å². The summed E-state index contributed by atoms with van der Waals surface area (Å²) in [5.74, 6) is -2.85. The number of unbranched alkanes of at least 4 members (excludes halogenated alkanes) is 2. The van der Waals surface area contributed by atoms with Crippen molar-refractivity contribution in [1.82, 2.24) is 20.9 Å². The van der Waals surface area contributed by atoms with E-state index in [9.17, 15) is 19.2 Å². The number of aromatic amines is 1. The predicted molar refractivity (Wildman–Crippen MR) is 145 cm³/mol. The van der Waals surface area contributed by atoms with Gasteiger partial charge >= 0.3 is 5.97 Å². The van der Waals surface area contributed by atoms with Crippen molar-refractivity contribution in [3.63, 3.8) is 0 Å². The summed E-state index contributed by atoms with van der Waals surface area (Å²) in [5.41, 5.74) is 19.2. The minimum absolute atomic E-state index is 0.268. The van der Waals surface area contributed by atoms with Crippen molar-refractivity contribution in [1.29, 1.82) is 0 Å². The van der Waals surface area contributed by atoms with Crippen LogP contribution in [-0.2, 0) is 25.6 Å². The van der Waals surface area contributed by atoms with Crippen molar-refractivity contribution >= 4 is 34.6 Å². The van der Waals surface area contributed by atoms with Gasteiger partial charge in [0.1, 0.15) is 18.1 Å². The topological polar surface area (TPSA) is 218 Å². The number of rotatable bonds is 17. The summed E-state index contributed by atoms with van der Waals surface area (Å²) in [6.45, 7) is 2.18. The van der Waals surface area contributed by atoms with Crippen molar-refractivity contribution in [2.45, 2.75) is 76.0 Å². The number of carboxylic acids is 1. The maximum Gasteiger partial charge on any atom is 0.325 e. The highest BCUT2D eigenvalue weighted by atomic mass is 16.4. The van der Waals surface area contributed by atoms with Crippen LogP contribution in [0.25, 0.3) is 10.9 Å². The second-order valence-corrected chi connectivity index (χ2v) is 9.43. The number of carboxylic acid groups (broad SMARTS) is 1. The fourth-order valence-corrected chi connectivity index (χ4v) is 4.08. The van der Waals surface area contributed by atoms with Gasteiger partial charge in [-0.2, -0.15) is 0 Å². The Morgan fingerprint density at radius 3 is 2.00 bits per heavy atom. The normalized spacial score (nSPS) is 14.3. The van der Waals surface area contributed by atoms with Gasteiger partial charge in [0.2, 0.25) is 17.7 Å². The van der Waals surface area contributed by atoms with E-state index in [1.807, 2.05) is 30.5 Å². The molecule has 12 heteroatoms. The van der Waals surface area contributed by atoms with Gasteiger partial charge in [0.05, 0.1) is 6.04 Å². The molecule has 0 bridgehead atoms. The number of aliphatic carboxylic acids is 1. The summed E-state index contributed by atoms with van der Waals surface area (Å²) in [6.07, 6.45) is 5.06. The standard InChI is InChI=1S/C26H41N7O5/c1-16(26(37)38)31-24(35)21(10-4-6-12-27)33-25(36)22(11-5-7-13-28)32-23(34)19(29)14-17-15-30-20-9-3-2-8-18(17)20/h2-3,8-9,15-16,19,21-22,30H,4-7,10-14,27-29H2,1H3,(H,31,35)(H,32,34)(H,33,36)(H,37,38). The molecular formula is C26H41N7O5. The van der Waals surface area contributed by atoms with E-state index in [2.05, 4.69) is 20.9 Å². The molecule has 1 aromatic carbocycles. The van der Waals surface area contributed by atoms with Crippen LogP contribution in [0.4, 0.5) is 0 Å². The SMILES string of the molecule is CC(NC(=O)C(CCCCN)NC(=O)C(CCCCN)NC(=O)C(N)Cc1c[nH]c2ccccc12)C(=O)O. The van der Waals surface area contributed by atoms with Crippen LogP contribution in [0.1, 0.15) is 51.0 Å². The summed E-state index contributed by atoms with van der Waals surface area (Å²) in [7, 11) is 0. The van der Waals surface area contributed by atoms with Gasteiger partial charge in [-0.1, -0.05) is 18.2 Å². The lowest BCUT2D eigenvalue weighted by atomic mass is 10.0. The number of fused-ring (bicyclic) bond motifs is 1. The Balaban J connectivity index is 2.10. The Kier molecular flexibility index (Phi) is 12.7. The zero-order valence-corrected chi connectivity index (χ0v) is 21.9. The van der Waals surface area contributed by atoms with E-state index in [0.29, 0.717) is 45.2 Å². The molecule has 0 saturated carbocycles. The van der Waals surface area contributed by atoms with Crippen molar-refractivity contribution in [2.24, 2.45) is 17.2 Å². The Morgan fingerprint density at radius 1 is 0.868 bits per heavy atom. The van der Waals surface area contributed by atoms with E-state index >= 15 is 0 Å². The van der Waals surface area contributed by atoms with Crippen molar-refractivity contribution in [2.75, 3.05) is 13.1 Å². The van der Waals surface area contributed by atoms with E-state index in [1.165, 1.54) is 6.92 Å². The fraction of sp³-hybridized carbons (Fsp3) is 0.538. The Bertz CT molecular complexity index is 1070. The third kappa shape index (κ3) is 9.43. The Morgan fingerprint density at radius 2 is 1.42 bits per heavy atom. The maximum atomic E-state index is 13.2. The number of nitrogens with two attached hydrogens (primary N) is 3. The average Bonchev–Trinajstić information content (AvgIpc) is 3.30. The molecule has 38 heavy (non-hydrogen) atoms. The molecule has 0 aliphatic heterocycles. The lowest BCUT2D eigenvalue weighted by Gasteiger charge is -2.25. The Labute approximate surface area is 222 Å². The van der Waals surface area contributed by atoms with Gasteiger partial charge in [-0.05, 0) is 76.6 Å². The first-order valence-corrected chi connectivity index (χ1v) is 13.0. The van der Waals surface area contributed by atoms with Crippen LogP contribution >= 0.6 is 0 Å². The molecule has 0 radical (unpaired) electrons. The number of hydrogen-bond acceptors (Lipinski definition) is 7. The lowest BCUT2D eigenvalue weighted by molar-refractivity contribution is -0.141. The highest BCUT2D eigenvalue weighted by Crippen LogP contribution is 2.19. The first-order valence-electron chi connectivity index (χ1n) is 13.0. The molecule has 0 aliphatic carbocycles. The van der Waals surface area contributed by atoms with Crippen LogP contribution in [0.5, 0.6) is 0 Å². The first kappa shape index (κ1) is 30.7. The molecule has 0 aliphatic rings. The van der Waals surface area contributed by atoms with Gasteiger partial charge in [-0.15, -0.1) is 0 Å². The van der Waals surface area contributed by atoms with Gasteiger partial charge in [0.15, 0.2) is 0 Å². The average molecular weight is 532 g/mol. The fourth-order valence-electron chi connectivity index (χ4n) is 4.08. The second-order valence-electron chi connectivity index (χ2n) is 9.43. The Hall–Kier alpha value is -3.48. The van der Waals surface area contributed by atoms with E-state index in [1.54, 1.807) is 0 Å². The quantitative estimate of drug-likeness (QED) is 0.128. The molecule has 2 aromatic rings. The molecule has 1 aromatic heterocycles. The van der Waals surface area contributed by atoms with E-state index in [-0.39, 0.29) is 12.8 Å². The maximum absolute atomic E-state index is 13.2. The summed E-state index contributed by atoms with van der Waals surface area (Å²) < 4.78 is 0. The second kappa shape index (κ2) is 15.7. The minimum atomic E-state index is -1.19. The third-order valence-corrected chi connectivity index (χ3v) is 6.34. The summed E-state index contributed by atoms with van der Waals surface area (Å²) in [6, 6.07) is 3.73. The number of aromatic nitrogens is 1. The molecule has 0 fully saturated rings. The molecule has 1 heterocycles. The molecular weight excluding hydrogens is 490 g/mol. The third-order valence-electron chi connectivity index (χ3n) is 6.34. The van der Waals surface area contributed by atoms with Gasteiger partial charge in [0, 0.05) is 17.1 Å². The smallest absolute Gasteiger partial charge is 0.325 e. The molecule has 12 nitrogen and oxygen atoms in total. The van der Waals surface area contributed by atoms with Crippen molar-refractivity contribution in [3.8, 4) is 0 Å². The molecule has 4 atom stereocenters. The number of nitrogens with one attached hydrogen (secondary N) is 4. The van der Waals surface area contributed by atoms with Gasteiger partial charge in [-0.3, -0.25) is 19.2 Å². The predicted octanol–water partition coefficient (Wildman–Crippen LogP) is -0.145. The molecule has 2 rings (SSSR count). The van der Waals surface area contributed by atoms with Crippen LogP contribution in [0, 0.1) is 0 Å². The van der Waals surface area contributed by atoms with Gasteiger partial charge in [-0.25, -0.2) is 0 Å². The van der Waals surface area contributed by atoms with Gasteiger partial charge < -0.3 is 43.2 Å². The largest absolute Gasteiger partial charge is 0.480 e. The van der Waals surface area contributed by atoms with Crippen LogP contribution in [-0.4, -0.2) is 71.0 Å². The lowest BCUT2D eigenvalue weighted by Crippen LogP contribution is -2.57. The molecule has 3 amide bonds. The number of carbonyl (C=O) groups excluding carboxylic acids is 3. The number of carbonyl (C=O) groups is 4. The van der Waals surface area contributed by atoms with Gasteiger partial charge in [0.25, 0.3) is 0 Å². The molecule has 0 saturated heterocycles. The summed E-state index contributed by atoms with van der Waals surface area (Å²) in [4.78, 5) is 53.3. The van der Waals surface area contributed by atoms with E-state index in [4.69, 9.17) is 22.3 Å². The van der Waals surface area contributed by atoms with Crippen LogP contribution in [0.2, 0.25) is 0 Å². The van der Waals surface area contributed by atoms with E-state index < -0.39 is 47.9 Å². The van der Waals surface area contributed by atoms with Crippen LogP contribution in [0.15, 0.2) is 30.5 Å². The summed E-state index contributed by atoms with van der Waals surface area (Å²) in [5, 5.41) is 17.9. The monoisotopic (exact) mass is 531 g/mol. The minimum Gasteiger partial charge on any atom is -0.480 e. The summed E-state index contributed by atoms with van der Waals surface area (Å²) >= 11 is 0. The number of hydrogen-bond donors (Lipinski definition) is 8. The van der Waals surface area contributed by atoms with Crippen molar-refractivity contribution < 1.29 is 24.3 Å². The molecule has 11 N–H and O–H groups in total. The number of amides is 3. The van der Waals surface area contributed by atoms with Crippen LogP contribution in [0.3, 0.4) is 0 Å².